The van der Waals surface area contributed by atoms with Gasteiger partial charge in [0.1, 0.15) is 5.69 Å². The van der Waals surface area contributed by atoms with Crippen molar-refractivity contribution >= 4 is 37.4 Å². The summed E-state index contributed by atoms with van der Waals surface area (Å²) in [6.07, 6.45) is 0. The Balaban J connectivity index is 0.00000289. The Morgan fingerprint density at radius 1 is 0.971 bits per heavy atom. The fourth-order valence-corrected chi connectivity index (χ4v) is 4.95. The van der Waals surface area contributed by atoms with Gasteiger partial charge in [-0.2, -0.15) is 21.6 Å². The number of pyridine rings is 1. The Morgan fingerprint density at radius 2 is 1.60 bits per heavy atom. The third-order valence-electron chi connectivity index (χ3n) is 5.75. The smallest absolute Gasteiger partial charge is 0.354 e. The van der Waals surface area contributed by atoms with E-state index in [0.717, 1.165) is 27.5 Å². The molecule has 2 aromatic heterocycles. The predicted octanol–water partition coefficient (Wildman–Crippen LogP) is 6.26. The summed E-state index contributed by atoms with van der Waals surface area (Å²) in [5.41, 5.74) is -1.58. The van der Waals surface area contributed by atoms with Gasteiger partial charge < -0.3 is 8.58 Å². The normalized spacial score (nSPS) is 12.3. The van der Waals surface area contributed by atoms with Gasteiger partial charge in [-0.15, -0.1) is 29.7 Å². The minimum Gasteiger partial charge on any atom is -0.354 e. The number of nitrogens with zero attached hydrogens (tertiary/aromatic N) is 2. The van der Waals surface area contributed by atoms with E-state index in [4.69, 9.17) is 0 Å². The maximum atomic E-state index is 13.3. The summed E-state index contributed by atoms with van der Waals surface area (Å²) in [7, 11) is -5.96. The van der Waals surface area contributed by atoms with Crippen molar-refractivity contribution < 1.29 is 45.9 Å². The summed E-state index contributed by atoms with van der Waals surface area (Å²) in [6, 6.07) is 19.5. The molecule has 0 fully saturated rings. The van der Waals surface area contributed by atoms with Crippen LogP contribution < -0.4 is 4.18 Å². The van der Waals surface area contributed by atoms with Crippen LogP contribution >= 0.6 is 0 Å². The van der Waals surface area contributed by atoms with Gasteiger partial charge in [0.05, 0.1) is 5.65 Å². The van der Waals surface area contributed by atoms with Crippen LogP contribution in [0.1, 0.15) is 16.7 Å². The number of rotatable bonds is 3. The molecule has 10 heteroatoms. The van der Waals surface area contributed by atoms with E-state index in [1.165, 1.54) is 0 Å². The molecule has 5 rings (SSSR count). The van der Waals surface area contributed by atoms with E-state index in [1.807, 2.05) is 51.1 Å². The van der Waals surface area contributed by atoms with Crippen LogP contribution in [0.3, 0.4) is 0 Å². The van der Waals surface area contributed by atoms with Crippen LogP contribution in [-0.2, 0) is 30.2 Å². The van der Waals surface area contributed by atoms with Crippen LogP contribution in [0, 0.1) is 26.8 Å². The fourth-order valence-electron chi connectivity index (χ4n) is 4.53. The third kappa shape index (κ3) is 3.99. The molecular weight excluding hydrogens is 658 g/mol. The van der Waals surface area contributed by atoms with Crippen molar-refractivity contribution in [2.75, 3.05) is 0 Å². The van der Waals surface area contributed by atoms with Gasteiger partial charge in [0.15, 0.2) is 0 Å². The van der Waals surface area contributed by atoms with Gasteiger partial charge in [0, 0.05) is 31.2 Å². The van der Waals surface area contributed by atoms with E-state index in [2.05, 4.69) is 15.2 Å². The van der Waals surface area contributed by atoms with Crippen LogP contribution in [0.15, 0.2) is 54.6 Å². The molecular formula is C25H18F3IrN2O3S-. The molecule has 0 spiro atoms. The molecule has 0 N–H and O–H groups in total. The number of imidazole rings is 1. The maximum absolute atomic E-state index is 13.3. The van der Waals surface area contributed by atoms with Crippen LogP contribution in [0.25, 0.3) is 38.6 Å². The average molecular weight is 676 g/mol. The number of fused-ring (bicyclic) bond motifs is 6. The second-order valence-corrected chi connectivity index (χ2v) is 9.70. The molecule has 0 amide bonds. The molecule has 5 aromatic rings. The van der Waals surface area contributed by atoms with E-state index >= 15 is 0 Å². The minimum absolute atomic E-state index is 0. The number of hydrogen-bond donors (Lipinski definition) is 0. The van der Waals surface area contributed by atoms with Crippen molar-refractivity contribution in [3.63, 3.8) is 0 Å². The number of aromatic nitrogens is 2. The predicted molar refractivity (Wildman–Crippen MR) is 124 cm³/mol. The van der Waals surface area contributed by atoms with E-state index < -0.39 is 21.5 Å². The van der Waals surface area contributed by atoms with Gasteiger partial charge in [-0.05, 0) is 43.4 Å². The van der Waals surface area contributed by atoms with Crippen molar-refractivity contribution in [1.29, 1.82) is 0 Å². The Morgan fingerprint density at radius 3 is 2.26 bits per heavy atom. The summed E-state index contributed by atoms with van der Waals surface area (Å²) >= 11 is 0. The van der Waals surface area contributed by atoms with Crippen molar-refractivity contribution in [2.45, 2.75) is 26.3 Å². The first-order chi connectivity index (χ1) is 16.0. The Hall–Kier alpha value is -2.94. The molecule has 183 valence electrons. The van der Waals surface area contributed by atoms with Crippen LogP contribution in [0.2, 0.25) is 0 Å². The van der Waals surface area contributed by atoms with Crippen molar-refractivity contribution in [3.05, 3.63) is 77.4 Å². The van der Waals surface area contributed by atoms with Gasteiger partial charge in [-0.3, -0.25) is 0 Å². The molecule has 0 atom stereocenters. The number of para-hydroxylation sites is 1. The zero-order valence-electron chi connectivity index (χ0n) is 18.7. The molecule has 0 aliphatic rings. The SMILES string of the molecule is Cc1cc(C)c(-c2c(OS(=O)(=O)C(F)(F)F)nc3c4[c-]cccc4c4ccccc4n23)c(C)c1.[Ir]. The standard InChI is InChI=1S/C25H18F3N2O3S.Ir/c1-14-12-15(2)21(16(3)13-14)22-24(33-34(31,32)25(26,27)28)29-23-19-10-5-4-8-17(19)18-9-6-7-11-20(18)30(22)23;/h4-9,11-13H,1-3H3;/q-1;. The Bertz CT molecular complexity index is 1700. The number of aryl methyl sites for hydroxylation is 3. The van der Waals surface area contributed by atoms with Crippen LogP contribution in [0.5, 0.6) is 5.88 Å². The Labute approximate surface area is 213 Å². The first kappa shape index (κ1) is 25.2. The van der Waals surface area contributed by atoms with Gasteiger partial charge in [-0.25, -0.2) is 4.98 Å². The number of hydrogen-bond acceptors (Lipinski definition) is 4. The summed E-state index contributed by atoms with van der Waals surface area (Å²) in [6.45, 7) is 5.53. The van der Waals surface area contributed by atoms with Crippen LogP contribution in [0.4, 0.5) is 13.2 Å². The van der Waals surface area contributed by atoms with Gasteiger partial charge in [0.2, 0.25) is 5.88 Å². The van der Waals surface area contributed by atoms with E-state index in [9.17, 15) is 21.6 Å². The van der Waals surface area contributed by atoms with E-state index in [-0.39, 0.29) is 31.4 Å². The molecule has 0 saturated heterocycles. The molecule has 0 unspecified atom stereocenters. The molecule has 2 heterocycles. The molecule has 5 nitrogen and oxygen atoms in total. The van der Waals surface area contributed by atoms with E-state index in [1.54, 1.807) is 28.7 Å². The van der Waals surface area contributed by atoms with Gasteiger partial charge in [0.25, 0.3) is 0 Å². The van der Waals surface area contributed by atoms with Crippen LogP contribution in [-0.4, -0.2) is 23.3 Å². The van der Waals surface area contributed by atoms with E-state index in [0.29, 0.717) is 16.5 Å². The first-order valence-electron chi connectivity index (χ1n) is 10.3. The van der Waals surface area contributed by atoms with Crippen molar-refractivity contribution in [3.8, 4) is 17.1 Å². The number of halogens is 3. The quantitative estimate of drug-likeness (QED) is 0.0982. The first-order valence-corrected chi connectivity index (χ1v) is 11.7. The second kappa shape index (κ2) is 8.62. The molecule has 0 saturated carbocycles. The zero-order valence-corrected chi connectivity index (χ0v) is 21.9. The monoisotopic (exact) mass is 676 g/mol. The molecule has 3 aromatic carbocycles. The molecule has 0 bridgehead atoms. The summed E-state index contributed by atoms with van der Waals surface area (Å²) in [5.74, 6) is -0.637. The largest absolute Gasteiger partial charge is 0.534 e. The van der Waals surface area contributed by atoms with Gasteiger partial charge >= 0.3 is 15.6 Å². The third-order valence-corrected chi connectivity index (χ3v) is 6.69. The van der Waals surface area contributed by atoms with Crippen molar-refractivity contribution in [1.82, 2.24) is 9.38 Å². The average Bonchev–Trinajstić information content (AvgIpc) is 3.11. The maximum Gasteiger partial charge on any atom is 0.534 e. The zero-order chi connectivity index (χ0) is 24.4. The van der Waals surface area contributed by atoms with Gasteiger partial charge in [-0.1, -0.05) is 41.3 Å². The summed E-state index contributed by atoms with van der Waals surface area (Å²) in [4.78, 5) is 4.30. The van der Waals surface area contributed by atoms with Crippen molar-refractivity contribution in [2.24, 2.45) is 0 Å². The summed E-state index contributed by atoms with van der Waals surface area (Å²) < 4.78 is 70.2. The topological polar surface area (TPSA) is 60.7 Å². The second-order valence-electron chi connectivity index (χ2n) is 8.16. The Kier molecular flexibility index (Phi) is 6.20. The molecule has 0 aliphatic heterocycles. The molecule has 35 heavy (non-hydrogen) atoms. The fraction of sp³-hybridized carbons (Fsp3) is 0.160. The number of benzene rings is 3. The minimum atomic E-state index is -5.96. The summed E-state index contributed by atoms with van der Waals surface area (Å²) in [5, 5.41) is 2.13. The number of alkyl halides is 3. The molecule has 0 aliphatic carbocycles. The molecule has 1 radical (unpaired) electrons.